The molecule has 1 aromatic carbocycles. The van der Waals surface area contributed by atoms with Gasteiger partial charge in [0, 0.05) is 23.9 Å². The first kappa shape index (κ1) is 10.0. The molecule has 0 spiro atoms. The van der Waals surface area contributed by atoms with Gasteiger partial charge in [0.1, 0.15) is 0 Å². The highest BCUT2D eigenvalue weighted by molar-refractivity contribution is 5.63. The van der Waals surface area contributed by atoms with E-state index in [1.807, 2.05) is 0 Å². The second-order valence-electron chi connectivity index (χ2n) is 3.10. The van der Waals surface area contributed by atoms with Crippen LogP contribution in [0, 0.1) is 10.1 Å². The minimum atomic E-state index is -0.486. The van der Waals surface area contributed by atoms with Crippen molar-refractivity contribution in [1.82, 2.24) is 10.2 Å². The molecule has 0 aliphatic carbocycles. The third kappa shape index (κ3) is 1.81. The Morgan fingerprint density at radius 1 is 1.19 bits per heavy atom. The number of nitro benzene ring substituents is 1. The Morgan fingerprint density at radius 3 is 2.44 bits per heavy atom. The van der Waals surface area contributed by atoms with Crippen LogP contribution < -0.4 is 5.56 Å². The van der Waals surface area contributed by atoms with Gasteiger partial charge in [-0.1, -0.05) is 0 Å². The van der Waals surface area contributed by atoms with E-state index in [2.05, 4.69) is 10.2 Å². The molecule has 0 saturated heterocycles. The number of hydrogen-bond donors (Lipinski definition) is 1. The van der Waals surface area contributed by atoms with E-state index < -0.39 is 4.92 Å². The van der Waals surface area contributed by atoms with Gasteiger partial charge in [-0.05, 0) is 23.8 Å². The highest BCUT2D eigenvalue weighted by atomic mass is 16.6. The molecule has 0 fully saturated rings. The first-order valence-corrected chi connectivity index (χ1v) is 4.47. The van der Waals surface area contributed by atoms with Gasteiger partial charge in [0.25, 0.3) is 11.2 Å². The topological polar surface area (TPSA) is 88.9 Å². The van der Waals surface area contributed by atoms with Gasteiger partial charge in [-0.15, -0.1) is 0 Å². The molecule has 0 radical (unpaired) electrons. The maximum atomic E-state index is 11.4. The quantitative estimate of drug-likeness (QED) is 0.607. The maximum absolute atomic E-state index is 11.4. The first-order chi connectivity index (χ1) is 7.68. The number of aromatic nitrogens is 2. The smallest absolute Gasteiger partial charge is 0.267 e. The summed E-state index contributed by atoms with van der Waals surface area (Å²) in [4.78, 5) is 21.3. The SMILES string of the molecule is O=c1[nH]nccc1-c1ccc([N+](=O)[O-])cc1. The normalized spacial score (nSPS) is 10.0. The average molecular weight is 217 g/mol. The largest absolute Gasteiger partial charge is 0.272 e. The van der Waals surface area contributed by atoms with Crippen LogP contribution in [0.4, 0.5) is 5.69 Å². The second-order valence-corrected chi connectivity index (χ2v) is 3.10. The molecule has 6 nitrogen and oxygen atoms in total. The lowest BCUT2D eigenvalue weighted by atomic mass is 10.1. The molecule has 0 saturated carbocycles. The Labute approximate surface area is 89.7 Å². The van der Waals surface area contributed by atoms with Crippen molar-refractivity contribution in [2.24, 2.45) is 0 Å². The summed E-state index contributed by atoms with van der Waals surface area (Å²) in [5.41, 5.74) is 0.727. The number of non-ortho nitro benzene ring substituents is 1. The van der Waals surface area contributed by atoms with E-state index >= 15 is 0 Å². The van der Waals surface area contributed by atoms with E-state index in [9.17, 15) is 14.9 Å². The predicted octanol–water partition coefficient (Wildman–Crippen LogP) is 1.35. The fourth-order valence-corrected chi connectivity index (χ4v) is 1.33. The Bertz CT molecular complexity index is 574. The van der Waals surface area contributed by atoms with Crippen molar-refractivity contribution in [2.45, 2.75) is 0 Å². The summed E-state index contributed by atoms with van der Waals surface area (Å²) in [5.74, 6) is 0. The van der Waals surface area contributed by atoms with Crippen LogP contribution in [-0.4, -0.2) is 15.1 Å². The molecule has 1 aromatic heterocycles. The third-order valence-electron chi connectivity index (χ3n) is 2.12. The van der Waals surface area contributed by atoms with E-state index in [1.165, 1.54) is 30.5 Å². The van der Waals surface area contributed by atoms with Gasteiger partial charge < -0.3 is 0 Å². The van der Waals surface area contributed by atoms with Crippen LogP contribution in [-0.2, 0) is 0 Å². The number of rotatable bonds is 2. The molecule has 0 amide bonds. The predicted molar refractivity (Wildman–Crippen MR) is 56.9 cm³/mol. The molecule has 1 heterocycles. The maximum Gasteiger partial charge on any atom is 0.272 e. The molecule has 1 N–H and O–H groups in total. The molecule has 0 unspecified atom stereocenters. The summed E-state index contributed by atoms with van der Waals surface area (Å²) in [5, 5.41) is 16.3. The number of nitrogens with one attached hydrogen (secondary N) is 1. The zero-order valence-corrected chi connectivity index (χ0v) is 8.08. The molecule has 2 aromatic rings. The average Bonchev–Trinajstić information content (AvgIpc) is 2.30. The molecular weight excluding hydrogens is 210 g/mol. The lowest BCUT2D eigenvalue weighted by Gasteiger charge is -1.98. The van der Waals surface area contributed by atoms with Gasteiger partial charge in [0.2, 0.25) is 0 Å². The summed E-state index contributed by atoms with van der Waals surface area (Å²) < 4.78 is 0. The first-order valence-electron chi connectivity index (χ1n) is 4.47. The molecule has 0 atom stereocenters. The van der Waals surface area contributed by atoms with Gasteiger partial charge in [-0.25, -0.2) is 5.10 Å². The Kier molecular flexibility index (Phi) is 2.47. The summed E-state index contributed by atoms with van der Waals surface area (Å²) in [6.07, 6.45) is 1.46. The van der Waals surface area contributed by atoms with Crippen LogP contribution >= 0.6 is 0 Å². The number of nitrogens with zero attached hydrogens (tertiary/aromatic N) is 2. The molecule has 80 valence electrons. The molecule has 6 heteroatoms. The van der Waals surface area contributed by atoms with Crippen LogP contribution in [0.1, 0.15) is 0 Å². The molecule has 16 heavy (non-hydrogen) atoms. The van der Waals surface area contributed by atoms with E-state index in [0.717, 1.165) is 0 Å². The van der Waals surface area contributed by atoms with E-state index in [1.54, 1.807) is 6.07 Å². The number of benzene rings is 1. The van der Waals surface area contributed by atoms with Gasteiger partial charge in [0.15, 0.2) is 0 Å². The van der Waals surface area contributed by atoms with E-state index in [4.69, 9.17) is 0 Å². The van der Waals surface area contributed by atoms with Crippen molar-refractivity contribution in [2.75, 3.05) is 0 Å². The highest BCUT2D eigenvalue weighted by Crippen LogP contribution is 2.18. The van der Waals surface area contributed by atoms with Crippen molar-refractivity contribution < 1.29 is 4.92 Å². The Hall–Kier alpha value is -2.50. The van der Waals surface area contributed by atoms with E-state index in [0.29, 0.717) is 11.1 Å². The van der Waals surface area contributed by atoms with Gasteiger partial charge in [0.05, 0.1) is 4.92 Å². The summed E-state index contributed by atoms with van der Waals surface area (Å²) in [6, 6.07) is 7.33. The zero-order valence-electron chi connectivity index (χ0n) is 8.08. The van der Waals surface area contributed by atoms with Gasteiger partial charge in [-0.3, -0.25) is 14.9 Å². The number of aromatic amines is 1. The van der Waals surface area contributed by atoms with Crippen molar-refractivity contribution in [3.05, 3.63) is 57.0 Å². The standard InChI is InChI=1S/C10H7N3O3/c14-10-9(5-6-11-12-10)7-1-3-8(4-2-7)13(15)16/h1-6H,(H,12,14). The molecule has 2 rings (SSSR count). The van der Waals surface area contributed by atoms with Gasteiger partial charge >= 0.3 is 0 Å². The minimum Gasteiger partial charge on any atom is -0.267 e. The molecule has 0 bridgehead atoms. The monoisotopic (exact) mass is 217 g/mol. The fourth-order valence-electron chi connectivity index (χ4n) is 1.33. The molecule has 0 aliphatic rings. The molecular formula is C10H7N3O3. The Balaban J connectivity index is 2.47. The number of nitro groups is 1. The number of hydrogen-bond acceptors (Lipinski definition) is 4. The van der Waals surface area contributed by atoms with Crippen LogP contribution in [0.25, 0.3) is 11.1 Å². The Morgan fingerprint density at radius 2 is 1.88 bits per heavy atom. The second kappa shape index (κ2) is 3.93. The highest BCUT2D eigenvalue weighted by Gasteiger charge is 2.06. The lowest BCUT2D eigenvalue weighted by Crippen LogP contribution is -2.09. The summed E-state index contributed by atoms with van der Waals surface area (Å²) >= 11 is 0. The lowest BCUT2D eigenvalue weighted by molar-refractivity contribution is -0.384. The van der Waals surface area contributed by atoms with Crippen molar-refractivity contribution in [3.8, 4) is 11.1 Å². The summed E-state index contributed by atoms with van der Waals surface area (Å²) in [7, 11) is 0. The van der Waals surface area contributed by atoms with Gasteiger partial charge in [-0.2, -0.15) is 5.10 Å². The van der Waals surface area contributed by atoms with Crippen LogP contribution in [0.15, 0.2) is 41.3 Å². The van der Waals surface area contributed by atoms with Crippen molar-refractivity contribution in [3.63, 3.8) is 0 Å². The fraction of sp³-hybridized carbons (Fsp3) is 0. The summed E-state index contributed by atoms with van der Waals surface area (Å²) in [6.45, 7) is 0. The number of H-pyrrole nitrogens is 1. The van der Waals surface area contributed by atoms with E-state index in [-0.39, 0.29) is 11.2 Å². The zero-order chi connectivity index (χ0) is 11.5. The third-order valence-corrected chi connectivity index (χ3v) is 2.12. The minimum absolute atomic E-state index is 0.00534. The molecule has 0 aliphatic heterocycles. The van der Waals surface area contributed by atoms with Crippen molar-refractivity contribution in [1.29, 1.82) is 0 Å². The van der Waals surface area contributed by atoms with Crippen molar-refractivity contribution >= 4 is 5.69 Å². The van der Waals surface area contributed by atoms with Crippen LogP contribution in [0.2, 0.25) is 0 Å². The van der Waals surface area contributed by atoms with Crippen LogP contribution in [0.3, 0.4) is 0 Å². The van der Waals surface area contributed by atoms with Crippen LogP contribution in [0.5, 0.6) is 0 Å².